The number of para-hydroxylation sites is 1. The zero-order valence-electron chi connectivity index (χ0n) is 14.1. The molecule has 25 heavy (non-hydrogen) atoms. The van der Waals surface area contributed by atoms with Crippen LogP contribution in [0.25, 0.3) is 17.4 Å². The molecule has 0 N–H and O–H groups in total. The zero-order valence-corrected chi connectivity index (χ0v) is 15.7. The molecule has 0 unspecified atom stereocenters. The number of benzene rings is 1. The Hall–Kier alpha value is -2.38. The van der Waals surface area contributed by atoms with Crippen molar-refractivity contribution < 1.29 is 18.6 Å². The molecule has 0 amide bonds. The molecular weight excluding hydrogens is 358 g/mol. The number of nitrogens with zero attached hydrogens (tertiary/aromatic N) is 1. The zero-order chi connectivity index (χ0) is 18.0. The number of likely N-dealkylation sites (N-methyl/N-ethyl adjacent to an activating group) is 1. The van der Waals surface area contributed by atoms with Crippen LogP contribution in [0.5, 0.6) is 11.5 Å². The molecule has 0 saturated carbocycles. The Morgan fingerprint density at radius 2 is 1.92 bits per heavy atom. The van der Waals surface area contributed by atoms with Crippen molar-refractivity contribution in [3.8, 4) is 22.8 Å². The van der Waals surface area contributed by atoms with E-state index in [9.17, 15) is 0 Å². The van der Waals surface area contributed by atoms with Gasteiger partial charge >= 0.3 is 0 Å². The first-order valence-corrected chi connectivity index (χ1v) is 8.47. The lowest BCUT2D eigenvalue weighted by Gasteiger charge is -2.10. The summed E-state index contributed by atoms with van der Waals surface area (Å²) in [7, 11) is 3.19. The molecule has 2 aromatic rings. The van der Waals surface area contributed by atoms with E-state index < -0.39 is 0 Å². The van der Waals surface area contributed by atoms with E-state index in [0.717, 1.165) is 5.56 Å². The molecule has 1 aliphatic heterocycles. The summed E-state index contributed by atoms with van der Waals surface area (Å²) in [6.07, 6.45) is 1.74. The molecule has 0 atom stereocenters. The van der Waals surface area contributed by atoms with E-state index in [1.807, 2.05) is 37.3 Å². The topological polar surface area (TPSA) is 44.1 Å². The smallest absolute Gasteiger partial charge is 0.270 e. The third-order valence-electron chi connectivity index (χ3n) is 3.76. The van der Waals surface area contributed by atoms with Crippen molar-refractivity contribution in [1.82, 2.24) is 4.90 Å². The maximum absolute atomic E-state index is 5.91. The van der Waals surface area contributed by atoms with Crippen LogP contribution in [0.1, 0.15) is 12.7 Å². The summed E-state index contributed by atoms with van der Waals surface area (Å²) in [4.78, 5) is 2.32. The minimum atomic E-state index is 0.361. The van der Waals surface area contributed by atoms with Crippen molar-refractivity contribution in [2.24, 2.45) is 0 Å². The standard InChI is InChI=1S/C18H17NO4S2/c1-4-19-17(24)15(23-18(19)25)10-11-8-9-13(22-11)12-6-5-7-14(20-2)16(12)21-3/h5-10H,4H2,1-3H3. The second-order valence-corrected chi connectivity index (χ2v) is 5.91. The number of hydrogen-bond acceptors (Lipinski definition) is 6. The fourth-order valence-electron chi connectivity index (χ4n) is 2.56. The number of rotatable bonds is 5. The first-order chi connectivity index (χ1) is 12.1. The Bertz CT molecular complexity index is 857. The van der Waals surface area contributed by atoms with E-state index in [4.69, 9.17) is 43.1 Å². The molecule has 0 spiro atoms. The van der Waals surface area contributed by atoms with Crippen molar-refractivity contribution in [2.45, 2.75) is 6.92 Å². The summed E-state index contributed by atoms with van der Waals surface area (Å²) in [6, 6.07) is 9.31. The molecule has 130 valence electrons. The summed E-state index contributed by atoms with van der Waals surface area (Å²) in [5.41, 5.74) is 0.798. The van der Waals surface area contributed by atoms with E-state index >= 15 is 0 Å². The number of furan rings is 1. The molecular formula is C18H17NO4S2. The van der Waals surface area contributed by atoms with Gasteiger partial charge in [-0.25, -0.2) is 0 Å². The summed E-state index contributed by atoms with van der Waals surface area (Å²) < 4.78 is 22.2. The van der Waals surface area contributed by atoms with Gasteiger partial charge < -0.3 is 18.6 Å². The Labute approximate surface area is 156 Å². The molecule has 0 radical (unpaired) electrons. The number of hydrogen-bond donors (Lipinski definition) is 0. The molecule has 0 aliphatic carbocycles. The summed E-state index contributed by atoms with van der Waals surface area (Å²) in [5.74, 6) is 3.03. The fourth-order valence-corrected chi connectivity index (χ4v) is 3.24. The highest BCUT2D eigenvalue weighted by atomic mass is 32.1. The second kappa shape index (κ2) is 7.25. The average Bonchev–Trinajstić information content (AvgIpc) is 3.19. The van der Waals surface area contributed by atoms with Gasteiger partial charge in [-0.05, 0) is 43.4 Å². The van der Waals surface area contributed by atoms with E-state index in [-0.39, 0.29) is 0 Å². The Morgan fingerprint density at radius 3 is 2.56 bits per heavy atom. The quantitative estimate of drug-likeness (QED) is 0.571. The summed E-state index contributed by atoms with van der Waals surface area (Å²) in [6.45, 7) is 2.63. The van der Waals surface area contributed by atoms with Crippen LogP contribution < -0.4 is 9.47 Å². The lowest BCUT2D eigenvalue weighted by atomic mass is 10.1. The highest BCUT2D eigenvalue weighted by Crippen LogP contribution is 2.38. The van der Waals surface area contributed by atoms with E-state index in [0.29, 0.717) is 45.5 Å². The third kappa shape index (κ3) is 3.25. The summed E-state index contributed by atoms with van der Waals surface area (Å²) in [5, 5.41) is 0.361. The highest BCUT2D eigenvalue weighted by molar-refractivity contribution is 7.82. The molecule has 1 saturated heterocycles. The van der Waals surface area contributed by atoms with Crippen LogP contribution in [-0.2, 0) is 4.74 Å². The van der Waals surface area contributed by atoms with Crippen molar-refractivity contribution in [3.63, 3.8) is 0 Å². The molecule has 2 heterocycles. The molecule has 3 rings (SSSR count). The summed E-state index contributed by atoms with van der Waals surface area (Å²) >= 11 is 10.5. The molecule has 1 aliphatic rings. The van der Waals surface area contributed by atoms with E-state index in [1.165, 1.54) is 0 Å². The molecule has 1 fully saturated rings. The number of ether oxygens (including phenoxy) is 3. The predicted molar refractivity (Wildman–Crippen MR) is 104 cm³/mol. The minimum absolute atomic E-state index is 0.361. The maximum Gasteiger partial charge on any atom is 0.270 e. The maximum atomic E-state index is 5.91. The number of methoxy groups -OCH3 is 2. The predicted octanol–water partition coefficient (Wildman–Crippen LogP) is 4.27. The fraction of sp³-hybridized carbons (Fsp3) is 0.222. The van der Waals surface area contributed by atoms with Crippen LogP contribution in [0.4, 0.5) is 0 Å². The van der Waals surface area contributed by atoms with Crippen LogP contribution >= 0.6 is 24.4 Å². The van der Waals surface area contributed by atoms with Crippen molar-refractivity contribution in [3.05, 3.63) is 41.9 Å². The largest absolute Gasteiger partial charge is 0.493 e. The SMILES string of the molecule is CCN1C(=S)OC(=Cc2ccc(-c3cccc(OC)c3OC)o2)C1=S. The van der Waals surface area contributed by atoms with Crippen molar-refractivity contribution >= 4 is 40.7 Å². The van der Waals surface area contributed by atoms with Gasteiger partial charge in [0.05, 0.1) is 19.8 Å². The van der Waals surface area contributed by atoms with Crippen molar-refractivity contribution in [1.29, 1.82) is 0 Å². The van der Waals surface area contributed by atoms with Crippen LogP contribution in [0, 0.1) is 0 Å². The normalized spacial score (nSPS) is 15.6. The molecule has 5 nitrogen and oxygen atoms in total. The third-order valence-corrected chi connectivity index (χ3v) is 4.48. The van der Waals surface area contributed by atoms with Gasteiger partial charge in [0, 0.05) is 12.6 Å². The first kappa shape index (κ1) is 17.4. The average molecular weight is 375 g/mol. The molecule has 7 heteroatoms. The lowest BCUT2D eigenvalue weighted by molar-refractivity contribution is 0.355. The van der Waals surface area contributed by atoms with Gasteiger partial charge in [-0.2, -0.15) is 0 Å². The van der Waals surface area contributed by atoms with Crippen LogP contribution in [0.2, 0.25) is 0 Å². The van der Waals surface area contributed by atoms with Crippen LogP contribution in [0.3, 0.4) is 0 Å². The van der Waals surface area contributed by atoms with Gasteiger partial charge in [0.25, 0.3) is 5.17 Å². The molecule has 1 aromatic heterocycles. The van der Waals surface area contributed by atoms with Gasteiger partial charge in [-0.3, -0.25) is 4.90 Å². The Morgan fingerprint density at radius 1 is 1.12 bits per heavy atom. The van der Waals surface area contributed by atoms with Gasteiger partial charge in [0.2, 0.25) is 0 Å². The van der Waals surface area contributed by atoms with Crippen LogP contribution in [0.15, 0.2) is 40.5 Å². The van der Waals surface area contributed by atoms with Gasteiger partial charge in [0.1, 0.15) is 11.5 Å². The van der Waals surface area contributed by atoms with Crippen LogP contribution in [-0.4, -0.2) is 35.8 Å². The highest BCUT2D eigenvalue weighted by Gasteiger charge is 2.28. The molecule has 0 bridgehead atoms. The van der Waals surface area contributed by atoms with Gasteiger partial charge in [-0.1, -0.05) is 18.3 Å². The van der Waals surface area contributed by atoms with Gasteiger partial charge in [0.15, 0.2) is 22.2 Å². The first-order valence-electron chi connectivity index (χ1n) is 7.65. The Balaban J connectivity index is 1.93. The number of thiocarbonyl (C=S) groups is 2. The molecule has 1 aromatic carbocycles. The monoisotopic (exact) mass is 375 g/mol. The minimum Gasteiger partial charge on any atom is -0.493 e. The van der Waals surface area contributed by atoms with Crippen molar-refractivity contribution in [2.75, 3.05) is 20.8 Å². The van der Waals surface area contributed by atoms with E-state index in [1.54, 1.807) is 25.2 Å². The second-order valence-electron chi connectivity index (χ2n) is 5.17. The van der Waals surface area contributed by atoms with E-state index in [2.05, 4.69) is 0 Å². The Kier molecular flexibility index (Phi) is 5.06. The van der Waals surface area contributed by atoms with Gasteiger partial charge in [-0.15, -0.1) is 0 Å². The lowest BCUT2D eigenvalue weighted by Crippen LogP contribution is -2.26.